The number of sulfonamides is 1. The number of nitrogens with zero attached hydrogens (tertiary/aromatic N) is 1. The van der Waals surface area contributed by atoms with Crippen molar-refractivity contribution in [3.8, 4) is 0 Å². The third kappa shape index (κ3) is 4.19. The van der Waals surface area contributed by atoms with Crippen LogP contribution in [0.5, 0.6) is 0 Å². The molecule has 1 aromatic rings. The van der Waals surface area contributed by atoms with Gasteiger partial charge in [-0.3, -0.25) is 4.79 Å². The Hall–Kier alpha value is -1.77. The van der Waals surface area contributed by atoms with Gasteiger partial charge < -0.3 is 10.1 Å². The third-order valence-corrected chi connectivity index (χ3v) is 5.48. The molecule has 0 saturated carbocycles. The molecule has 1 aromatic carbocycles. The molecule has 1 saturated heterocycles. The fourth-order valence-electron chi connectivity index (χ4n) is 2.11. The van der Waals surface area contributed by atoms with Crippen LogP contribution in [0.15, 0.2) is 29.2 Å². The number of rotatable bonds is 3. The van der Waals surface area contributed by atoms with Crippen molar-refractivity contribution in [1.82, 2.24) is 9.62 Å². The van der Waals surface area contributed by atoms with E-state index in [1.807, 2.05) is 0 Å². The molecule has 8 heteroatoms. The molecule has 7 nitrogen and oxygen atoms in total. The van der Waals surface area contributed by atoms with Crippen LogP contribution in [0.4, 0.5) is 0 Å². The predicted octanol–water partition coefficient (Wildman–Crippen LogP) is 1.01. The Kier molecular flexibility index (Phi) is 5.42. The summed E-state index contributed by atoms with van der Waals surface area (Å²) in [4.78, 5) is 23.9. The fraction of sp³-hybridized carbons (Fsp3) is 0.500. The number of hydrogen-bond donors (Lipinski definition) is 1. The van der Waals surface area contributed by atoms with Gasteiger partial charge >= 0.3 is 11.9 Å². The van der Waals surface area contributed by atoms with Gasteiger partial charge in [0.15, 0.2) is 0 Å². The van der Waals surface area contributed by atoms with Gasteiger partial charge in [-0.2, -0.15) is 4.31 Å². The van der Waals surface area contributed by atoms with Crippen LogP contribution in [0.1, 0.15) is 31.1 Å². The maximum absolute atomic E-state index is 12.6. The van der Waals surface area contributed by atoms with Gasteiger partial charge in [0.1, 0.15) is 0 Å². The first-order chi connectivity index (χ1) is 11.1. The highest BCUT2D eigenvalue weighted by molar-refractivity contribution is 7.89. The van der Waals surface area contributed by atoms with E-state index >= 15 is 0 Å². The zero-order chi connectivity index (χ0) is 18.0. The van der Waals surface area contributed by atoms with E-state index in [-0.39, 0.29) is 10.5 Å². The first-order valence-corrected chi connectivity index (χ1v) is 9.14. The second kappa shape index (κ2) is 7.00. The summed E-state index contributed by atoms with van der Waals surface area (Å²) >= 11 is 0. The number of carbonyl (C=O) groups excluding carboxylic acids is 2. The molecule has 24 heavy (non-hydrogen) atoms. The molecule has 0 bridgehead atoms. The van der Waals surface area contributed by atoms with Gasteiger partial charge in [-0.05, 0) is 39.0 Å². The van der Waals surface area contributed by atoms with Gasteiger partial charge in [0.05, 0.1) is 15.9 Å². The Balaban J connectivity index is 2.22. The number of esters is 2. The van der Waals surface area contributed by atoms with E-state index in [0.29, 0.717) is 26.2 Å². The van der Waals surface area contributed by atoms with Crippen molar-refractivity contribution in [2.24, 2.45) is 5.41 Å². The highest BCUT2D eigenvalue weighted by Gasteiger charge is 2.29. The standard InChI is InChI=1S/C16H22N2O5S/c1-16(2,3)15(20)23-14(19)12-5-4-6-13(11-12)24(21,22)18-9-7-17-8-10-18/h4-6,11,17H,7-10H2,1-3H3. The number of hydrogen-bond acceptors (Lipinski definition) is 6. The number of nitrogens with one attached hydrogen (secondary N) is 1. The molecule has 2 rings (SSSR count). The lowest BCUT2D eigenvalue weighted by Crippen LogP contribution is -2.46. The molecule has 132 valence electrons. The molecule has 0 aliphatic carbocycles. The Morgan fingerprint density at radius 1 is 1.17 bits per heavy atom. The molecule has 0 spiro atoms. The predicted molar refractivity (Wildman–Crippen MR) is 87.9 cm³/mol. The zero-order valence-corrected chi connectivity index (χ0v) is 14.9. The van der Waals surface area contributed by atoms with E-state index in [2.05, 4.69) is 5.32 Å². The van der Waals surface area contributed by atoms with E-state index in [0.717, 1.165) is 0 Å². The molecule has 1 aliphatic rings. The normalized spacial score (nSPS) is 16.6. The number of carbonyl (C=O) groups is 2. The number of ether oxygens (including phenoxy) is 1. The van der Waals surface area contributed by atoms with E-state index in [1.165, 1.54) is 28.6 Å². The number of piperazine rings is 1. The van der Waals surface area contributed by atoms with E-state index in [1.54, 1.807) is 20.8 Å². The van der Waals surface area contributed by atoms with Crippen LogP contribution < -0.4 is 5.32 Å². The van der Waals surface area contributed by atoms with Crippen LogP contribution >= 0.6 is 0 Å². The van der Waals surface area contributed by atoms with Crippen molar-refractivity contribution in [3.05, 3.63) is 29.8 Å². The van der Waals surface area contributed by atoms with Crippen molar-refractivity contribution in [3.63, 3.8) is 0 Å². The lowest BCUT2D eigenvalue weighted by molar-refractivity contribution is -0.146. The average molecular weight is 354 g/mol. The van der Waals surface area contributed by atoms with Crippen LogP contribution in [-0.4, -0.2) is 50.8 Å². The molecule has 0 unspecified atom stereocenters. The number of benzene rings is 1. The van der Waals surface area contributed by atoms with Crippen LogP contribution in [-0.2, 0) is 19.6 Å². The van der Waals surface area contributed by atoms with Gasteiger partial charge in [-0.15, -0.1) is 0 Å². The largest absolute Gasteiger partial charge is 0.389 e. The summed E-state index contributed by atoms with van der Waals surface area (Å²) in [6, 6.07) is 5.57. The van der Waals surface area contributed by atoms with Crippen LogP contribution in [0.2, 0.25) is 0 Å². The van der Waals surface area contributed by atoms with Gasteiger partial charge in [0.2, 0.25) is 10.0 Å². The SMILES string of the molecule is CC(C)(C)C(=O)OC(=O)c1cccc(S(=O)(=O)N2CCNCC2)c1. The minimum Gasteiger partial charge on any atom is -0.389 e. The average Bonchev–Trinajstić information content (AvgIpc) is 2.55. The molecular formula is C16H22N2O5S. The van der Waals surface area contributed by atoms with E-state index < -0.39 is 27.4 Å². The molecule has 0 amide bonds. The molecule has 0 atom stereocenters. The maximum Gasteiger partial charge on any atom is 0.345 e. The highest BCUT2D eigenvalue weighted by Crippen LogP contribution is 2.20. The summed E-state index contributed by atoms with van der Waals surface area (Å²) in [5.41, 5.74) is -0.788. The Labute approximate surface area is 142 Å². The topological polar surface area (TPSA) is 92.8 Å². The molecule has 0 aromatic heterocycles. The smallest absolute Gasteiger partial charge is 0.345 e. The van der Waals surface area contributed by atoms with E-state index in [4.69, 9.17) is 4.74 Å². The molecule has 1 N–H and O–H groups in total. The summed E-state index contributed by atoms with van der Waals surface area (Å²) in [7, 11) is -3.67. The van der Waals surface area contributed by atoms with Gasteiger partial charge in [-0.1, -0.05) is 6.07 Å². The molecule has 1 heterocycles. The minimum atomic E-state index is -3.67. The minimum absolute atomic E-state index is 0.0158. The highest BCUT2D eigenvalue weighted by atomic mass is 32.2. The molecule has 0 radical (unpaired) electrons. The summed E-state index contributed by atoms with van der Waals surface area (Å²) in [5, 5.41) is 3.09. The van der Waals surface area contributed by atoms with Crippen LogP contribution in [0.25, 0.3) is 0 Å². The lowest BCUT2D eigenvalue weighted by atomic mass is 9.97. The Morgan fingerprint density at radius 3 is 2.38 bits per heavy atom. The quantitative estimate of drug-likeness (QED) is 0.643. The Morgan fingerprint density at radius 2 is 1.79 bits per heavy atom. The van der Waals surface area contributed by atoms with Gasteiger partial charge in [0.25, 0.3) is 0 Å². The summed E-state index contributed by atoms with van der Waals surface area (Å²) < 4.78 is 31.4. The van der Waals surface area contributed by atoms with Gasteiger partial charge in [0, 0.05) is 26.2 Å². The fourth-order valence-corrected chi connectivity index (χ4v) is 3.60. The monoisotopic (exact) mass is 354 g/mol. The maximum atomic E-state index is 12.6. The molecule has 1 aliphatic heterocycles. The lowest BCUT2D eigenvalue weighted by Gasteiger charge is -2.26. The zero-order valence-electron chi connectivity index (χ0n) is 14.0. The van der Waals surface area contributed by atoms with E-state index in [9.17, 15) is 18.0 Å². The summed E-state index contributed by atoms with van der Waals surface area (Å²) in [6.07, 6.45) is 0. The van der Waals surface area contributed by atoms with Crippen molar-refractivity contribution >= 4 is 22.0 Å². The molecule has 1 fully saturated rings. The summed E-state index contributed by atoms with van der Waals surface area (Å²) in [5.74, 6) is -1.52. The third-order valence-electron chi connectivity index (χ3n) is 3.58. The first-order valence-electron chi connectivity index (χ1n) is 7.70. The second-order valence-corrected chi connectivity index (χ2v) is 8.55. The van der Waals surface area contributed by atoms with Crippen molar-refractivity contribution in [2.75, 3.05) is 26.2 Å². The summed E-state index contributed by atoms with van der Waals surface area (Å²) in [6.45, 7) is 6.82. The van der Waals surface area contributed by atoms with Crippen molar-refractivity contribution in [1.29, 1.82) is 0 Å². The second-order valence-electron chi connectivity index (χ2n) is 6.61. The van der Waals surface area contributed by atoms with Crippen molar-refractivity contribution in [2.45, 2.75) is 25.7 Å². The molecular weight excluding hydrogens is 332 g/mol. The van der Waals surface area contributed by atoms with Gasteiger partial charge in [-0.25, -0.2) is 13.2 Å². The van der Waals surface area contributed by atoms with Crippen LogP contribution in [0, 0.1) is 5.41 Å². The van der Waals surface area contributed by atoms with Crippen molar-refractivity contribution < 1.29 is 22.7 Å². The Bertz CT molecular complexity index is 731. The van der Waals surface area contributed by atoms with Crippen LogP contribution in [0.3, 0.4) is 0 Å². The first kappa shape index (κ1) is 18.6.